The summed E-state index contributed by atoms with van der Waals surface area (Å²) in [5.41, 5.74) is 19.9. The Labute approximate surface area is 168 Å². The molecule has 0 aliphatic rings. The van der Waals surface area contributed by atoms with Crippen LogP contribution in [0.4, 0.5) is 22.7 Å². The first-order valence-corrected chi connectivity index (χ1v) is 8.78. The van der Waals surface area contributed by atoms with Crippen LogP contribution in [0.1, 0.15) is 20.7 Å². The Bertz CT molecular complexity index is 916. The van der Waals surface area contributed by atoms with Gasteiger partial charge in [-0.15, -0.1) is 0 Å². The molecule has 0 radical (unpaired) electrons. The first-order valence-electron chi connectivity index (χ1n) is 8.78. The Morgan fingerprint density at radius 3 is 1.72 bits per heavy atom. The molecule has 0 fully saturated rings. The third kappa shape index (κ3) is 4.54. The van der Waals surface area contributed by atoms with E-state index in [1.54, 1.807) is 24.3 Å². The Morgan fingerprint density at radius 2 is 1.31 bits per heavy atom. The fraction of sp³-hybridized carbons (Fsp3) is 0.263. The fourth-order valence-corrected chi connectivity index (χ4v) is 2.85. The first-order chi connectivity index (χ1) is 13.8. The van der Waals surface area contributed by atoms with Gasteiger partial charge in [-0.3, -0.25) is 9.59 Å². The Morgan fingerprint density at radius 1 is 0.862 bits per heavy atom. The number of hydrogen-bond acceptors (Lipinski definition) is 8. The third-order valence-corrected chi connectivity index (χ3v) is 4.29. The molecule has 0 saturated heterocycles. The van der Waals surface area contributed by atoms with Gasteiger partial charge in [0, 0.05) is 20.1 Å². The van der Waals surface area contributed by atoms with Crippen LogP contribution in [0.15, 0.2) is 24.3 Å². The molecule has 0 unspecified atom stereocenters. The number of benzene rings is 2. The first kappa shape index (κ1) is 21.5. The standard InChI is InChI=1S/C19H26N6O4/c1-23-19(27)11-5-7-13(15(21)17(11)29-3)25-9-8-24-12-6-4-10(18(22)26)16(28-2)14(12)20/h4-7,24-25H,8-9,20-21H2,1-3H3,(H2,22,26)(H,23,27). The van der Waals surface area contributed by atoms with E-state index in [1.165, 1.54) is 21.3 Å². The monoisotopic (exact) mass is 402 g/mol. The zero-order valence-electron chi connectivity index (χ0n) is 16.6. The number of nitrogens with two attached hydrogens (primary N) is 3. The van der Waals surface area contributed by atoms with E-state index in [-0.39, 0.29) is 17.2 Å². The number of carbonyl (C=O) groups is 2. The molecule has 156 valence electrons. The number of ether oxygens (including phenoxy) is 2. The Hall–Kier alpha value is -3.82. The zero-order chi connectivity index (χ0) is 21.6. The lowest BCUT2D eigenvalue weighted by atomic mass is 10.1. The van der Waals surface area contributed by atoms with Crippen LogP contribution in [0.25, 0.3) is 0 Å². The number of nitrogen functional groups attached to an aromatic ring is 2. The normalized spacial score (nSPS) is 10.2. The van der Waals surface area contributed by atoms with Gasteiger partial charge in [0.05, 0.1) is 48.1 Å². The van der Waals surface area contributed by atoms with Gasteiger partial charge in [0.25, 0.3) is 11.8 Å². The topological polar surface area (TPSA) is 167 Å². The van der Waals surface area contributed by atoms with Gasteiger partial charge in [-0.25, -0.2) is 0 Å². The van der Waals surface area contributed by atoms with Crippen LogP contribution in [-0.4, -0.2) is 46.2 Å². The number of methoxy groups -OCH3 is 2. The molecule has 2 aromatic rings. The summed E-state index contributed by atoms with van der Waals surface area (Å²) < 4.78 is 10.5. The van der Waals surface area contributed by atoms with E-state index in [4.69, 9.17) is 26.7 Å². The number of amides is 2. The SMILES string of the molecule is CNC(=O)c1ccc(NCCNc2ccc(C(N)=O)c(OC)c2N)c(N)c1OC. The predicted octanol–water partition coefficient (Wildman–Crippen LogP) is 0.851. The number of nitrogens with one attached hydrogen (secondary N) is 3. The van der Waals surface area contributed by atoms with E-state index in [1.807, 2.05) is 0 Å². The second-order valence-corrected chi connectivity index (χ2v) is 6.01. The second kappa shape index (κ2) is 9.40. The molecule has 0 atom stereocenters. The van der Waals surface area contributed by atoms with E-state index >= 15 is 0 Å². The molecule has 0 bridgehead atoms. The van der Waals surface area contributed by atoms with E-state index in [0.29, 0.717) is 47.2 Å². The largest absolute Gasteiger partial charge is 0.494 e. The van der Waals surface area contributed by atoms with Crippen molar-refractivity contribution < 1.29 is 19.1 Å². The molecular formula is C19H26N6O4. The van der Waals surface area contributed by atoms with E-state index in [2.05, 4.69) is 16.0 Å². The van der Waals surface area contributed by atoms with Gasteiger partial charge in [-0.1, -0.05) is 0 Å². The van der Waals surface area contributed by atoms with Gasteiger partial charge in [-0.2, -0.15) is 0 Å². The minimum atomic E-state index is -0.619. The molecule has 10 nitrogen and oxygen atoms in total. The molecule has 2 rings (SSSR count). The van der Waals surface area contributed by atoms with Crippen LogP contribution in [0, 0.1) is 0 Å². The lowest BCUT2D eigenvalue weighted by Gasteiger charge is -2.17. The number of carbonyl (C=O) groups excluding carboxylic acids is 2. The van der Waals surface area contributed by atoms with Gasteiger partial charge in [0.2, 0.25) is 0 Å². The van der Waals surface area contributed by atoms with Crippen molar-refractivity contribution in [1.82, 2.24) is 5.32 Å². The molecule has 0 saturated carbocycles. The predicted molar refractivity (Wildman–Crippen MR) is 114 cm³/mol. The van der Waals surface area contributed by atoms with Crippen molar-refractivity contribution in [2.75, 3.05) is 56.5 Å². The van der Waals surface area contributed by atoms with Crippen LogP contribution < -0.4 is 42.6 Å². The molecule has 2 aromatic carbocycles. The molecule has 10 heteroatoms. The Balaban J connectivity index is 2.06. The third-order valence-electron chi connectivity index (χ3n) is 4.29. The van der Waals surface area contributed by atoms with E-state index < -0.39 is 5.91 Å². The molecule has 2 amide bonds. The maximum atomic E-state index is 11.9. The highest BCUT2D eigenvalue weighted by atomic mass is 16.5. The quantitative estimate of drug-likeness (QED) is 0.265. The van der Waals surface area contributed by atoms with Gasteiger partial charge >= 0.3 is 0 Å². The van der Waals surface area contributed by atoms with Crippen molar-refractivity contribution in [2.24, 2.45) is 5.73 Å². The lowest BCUT2D eigenvalue weighted by molar-refractivity contribution is 0.0958. The van der Waals surface area contributed by atoms with Gasteiger partial charge in [-0.05, 0) is 24.3 Å². The summed E-state index contributed by atoms with van der Waals surface area (Å²) in [6.45, 7) is 0.980. The average Bonchev–Trinajstić information content (AvgIpc) is 2.71. The van der Waals surface area contributed by atoms with Gasteiger partial charge in [0.1, 0.15) is 0 Å². The van der Waals surface area contributed by atoms with Crippen LogP contribution in [0.5, 0.6) is 11.5 Å². The maximum absolute atomic E-state index is 11.9. The molecule has 0 aromatic heterocycles. The van der Waals surface area contributed by atoms with Crippen molar-refractivity contribution in [3.63, 3.8) is 0 Å². The minimum Gasteiger partial charge on any atom is -0.494 e. The van der Waals surface area contributed by atoms with Gasteiger partial charge < -0.3 is 42.6 Å². The van der Waals surface area contributed by atoms with Crippen LogP contribution in [0.2, 0.25) is 0 Å². The molecular weight excluding hydrogens is 376 g/mol. The van der Waals surface area contributed by atoms with Crippen LogP contribution in [-0.2, 0) is 0 Å². The highest BCUT2D eigenvalue weighted by Gasteiger charge is 2.17. The van der Waals surface area contributed by atoms with Crippen molar-refractivity contribution in [3.05, 3.63) is 35.4 Å². The second-order valence-electron chi connectivity index (χ2n) is 6.01. The summed E-state index contributed by atoms with van der Waals surface area (Å²) in [5, 5.41) is 8.87. The summed E-state index contributed by atoms with van der Waals surface area (Å²) in [6.07, 6.45) is 0. The summed E-state index contributed by atoms with van der Waals surface area (Å²) in [7, 11) is 4.41. The highest BCUT2D eigenvalue weighted by Crippen LogP contribution is 2.34. The van der Waals surface area contributed by atoms with Gasteiger partial charge in [0.15, 0.2) is 11.5 Å². The van der Waals surface area contributed by atoms with E-state index in [9.17, 15) is 9.59 Å². The molecule has 0 aliphatic carbocycles. The lowest BCUT2D eigenvalue weighted by Crippen LogP contribution is -2.20. The summed E-state index contributed by atoms with van der Waals surface area (Å²) in [5.74, 6) is -0.371. The average molecular weight is 402 g/mol. The van der Waals surface area contributed by atoms with Crippen molar-refractivity contribution in [1.29, 1.82) is 0 Å². The van der Waals surface area contributed by atoms with Crippen LogP contribution in [0.3, 0.4) is 0 Å². The highest BCUT2D eigenvalue weighted by molar-refractivity contribution is 6.00. The summed E-state index contributed by atoms with van der Waals surface area (Å²) in [6, 6.07) is 6.55. The van der Waals surface area contributed by atoms with Crippen molar-refractivity contribution in [2.45, 2.75) is 0 Å². The van der Waals surface area contributed by atoms with Crippen molar-refractivity contribution in [3.8, 4) is 11.5 Å². The zero-order valence-corrected chi connectivity index (χ0v) is 16.6. The minimum absolute atomic E-state index is 0.213. The molecule has 0 heterocycles. The van der Waals surface area contributed by atoms with Crippen LogP contribution >= 0.6 is 0 Å². The summed E-state index contributed by atoms with van der Waals surface area (Å²) in [4.78, 5) is 23.3. The number of primary amides is 1. The number of hydrogen-bond donors (Lipinski definition) is 6. The summed E-state index contributed by atoms with van der Waals surface area (Å²) >= 11 is 0. The number of rotatable bonds is 9. The molecule has 0 aliphatic heterocycles. The smallest absolute Gasteiger partial charge is 0.254 e. The molecule has 0 spiro atoms. The Kier molecular flexibility index (Phi) is 6.96. The molecule has 29 heavy (non-hydrogen) atoms. The van der Waals surface area contributed by atoms with Crippen molar-refractivity contribution >= 4 is 34.6 Å². The molecule has 9 N–H and O–H groups in total. The number of anilines is 4. The van der Waals surface area contributed by atoms with E-state index in [0.717, 1.165) is 0 Å². The fourth-order valence-electron chi connectivity index (χ4n) is 2.85. The maximum Gasteiger partial charge on any atom is 0.254 e.